The molecule has 0 heterocycles. The summed E-state index contributed by atoms with van der Waals surface area (Å²) in [5.41, 5.74) is 3.08. The lowest BCUT2D eigenvalue weighted by atomic mass is 9.75. The van der Waals surface area contributed by atoms with Crippen LogP contribution in [-0.2, 0) is 4.43 Å². The van der Waals surface area contributed by atoms with Gasteiger partial charge in [-0.05, 0) is 49.8 Å². The van der Waals surface area contributed by atoms with E-state index >= 15 is 0 Å². The molecule has 1 aliphatic carbocycles. The Kier molecular flexibility index (Phi) is 6.10. The minimum absolute atomic E-state index is 0.333. The topological polar surface area (TPSA) is 29.5 Å². The average molecular weight is 333 g/mol. The highest BCUT2D eigenvalue weighted by Crippen LogP contribution is 2.37. The molecule has 0 aliphatic heterocycles. The summed E-state index contributed by atoms with van der Waals surface area (Å²) in [6.07, 6.45) is 6.21. The Morgan fingerprint density at radius 3 is 2.57 bits per heavy atom. The zero-order valence-electron chi connectivity index (χ0n) is 15.3. The second kappa shape index (κ2) is 7.67. The van der Waals surface area contributed by atoms with Gasteiger partial charge in [0.1, 0.15) is 5.75 Å². The van der Waals surface area contributed by atoms with Gasteiger partial charge in [-0.25, -0.2) is 0 Å². The Labute approximate surface area is 142 Å². The van der Waals surface area contributed by atoms with Crippen molar-refractivity contribution in [2.75, 3.05) is 0 Å². The highest BCUT2D eigenvalue weighted by atomic mass is 28.4. The summed E-state index contributed by atoms with van der Waals surface area (Å²) in [4.78, 5) is 0. The van der Waals surface area contributed by atoms with Crippen molar-refractivity contribution in [2.45, 2.75) is 59.2 Å². The van der Waals surface area contributed by atoms with E-state index in [1.165, 1.54) is 19.3 Å². The highest BCUT2D eigenvalue weighted by molar-refractivity contribution is 6.76. The molecule has 0 spiro atoms. The van der Waals surface area contributed by atoms with E-state index in [9.17, 15) is 5.11 Å². The fraction of sp³-hybridized carbons (Fsp3) is 0.600. The highest BCUT2D eigenvalue weighted by Gasteiger charge is 2.35. The summed E-state index contributed by atoms with van der Waals surface area (Å²) < 4.78 is 6.66. The van der Waals surface area contributed by atoms with Crippen molar-refractivity contribution in [3.05, 3.63) is 35.5 Å². The van der Waals surface area contributed by atoms with Crippen LogP contribution in [0.25, 0.3) is 6.08 Å². The van der Waals surface area contributed by atoms with Gasteiger partial charge in [-0.3, -0.25) is 0 Å². The van der Waals surface area contributed by atoms with Crippen LogP contribution in [0.2, 0.25) is 13.1 Å². The molecule has 2 rings (SSSR count). The van der Waals surface area contributed by atoms with Gasteiger partial charge in [-0.1, -0.05) is 57.2 Å². The van der Waals surface area contributed by atoms with Crippen LogP contribution < -0.4 is 0 Å². The van der Waals surface area contributed by atoms with Crippen molar-refractivity contribution < 1.29 is 9.53 Å². The summed E-state index contributed by atoms with van der Waals surface area (Å²) >= 11 is 0. The van der Waals surface area contributed by atoms with Crippen LogP contribution in [0.3, 0.4) is 0 Å². The van der Waals surface area contributed by atoms with E-state index in [2.05, 4.69) is 39.6 Å². The number of phenols is 1. The SMILES string of the molecule is CC(C)[C@H]1CC[C@H](C)C[C@@H]1O[Si](C)(C)/C=C/c1ccccc1O. The van der Waals surface area contributed by atoms with Crippen LogP contribution in [0, 0.1) is 17.8 Å². The molecule has 2 nitrogen and oxygen atoms in total. The molecule has 0 amide bonds. The van der Waals surface area contributed by atoms with E-state index in [1.54, 1.807) is 6.07 Å². The minimum Gasteiger partial charge on any atom is -0.507 e. The normalized spacial score (nSPS) is 26.1. The monoisotopic (exact) mass is 332 g/mol. The maximum atomic E-state index is 9.90. The molecule has 0 radical (unpaired) electrons. The molecule has 1 N–H and O–H groups in total. The van der Waals surface area contributed by atoms with Crippen LogP contribution in [0.1, 0.15) is 45.6 Å². The van der Waals surface area contributed by atoms with Crippen molar-refractivity contribution in [3.8, 4) is 5.75 Å². The van der Waals surface area contributed by atoms with Gasteiger partial charge >= 0.3 is 0 Å². The molecule has 0 bridgehead atoms. The largest absolute Gasteiger partial charge is 0.507 e. The van der Waals surface area contributed by atoms with Crippen LogP contribution in [-0.4, -0.2) is 19.5 Å². The summed E-state index contributed by atoms with van der Waals surface area (Å²) in [6.45, 7) is 11.5. The fourth-order valence-corrected chi connectivity index (χ4v) is 5.31. The maximum Gasteiger partial charge on any atom is 0.211 e. The molecule has 1 aromatic rings. The first-order valence-corrected chi connectivity index (χ1v) is 11.9. The molecule has 1 aromatic carbocycles. The third-order valence-corrected chi connectivity index (χ3v) is 6.90. The first-order valence-electron chi connectivity index (χ1n) is 8.93. The molecule has 3 atom stereocenters. The Hall–Kier alpha value is -1.06. The van der Waals surface area contributed by atoms with E-state index in [-0.39, 0.29) is 0 Å². The van der Waals surface area contributed by atoms with Crippen molar-refractivity contribution >= 4 is 14.4 Å². The molecular formula is C20H32O2Si. The zero-order chi connectivity index (χ0) is 17.0. The molecule has 0 unspecified atom stereocenters. The predicted octanol–water partition coefficient (Wildman–Crippen LogP) is 5.63. The van der Waals surface area contributed by atoms with E-state index in [4.69, 9.17) is 4.43 Å². The van der Waals surface area contributed by atoms with Gasteiger partial charge in [0.05, 0.1) is 0 Å². The number of phenolic OH excluding ortho intramolecular Hbond substituents is 1. The maximum absolute atomic E-state index is 9.90. The lowest BCUT2D eigenvalue weighted by molar-refractivity contribution is 0.0415. The smallest absolute Gasteiger partial charge is 0.211 e. The third-order valence-electron chi connectivity index (χ3n) is 5.02. The van der Waals surface area contributed by atoms with Crippen LogP contribution in [0.5, 0.6) is 5.75 Å². The molecular weight excluding hydrogens is 300 g/mol. The van der Waals surface area contributed by atoms with E-state index in [0.717, 1.165) is 11.5 Å². The van der Waals surface area contributed by atoms with Gasteiger partial charge in [0, 0.05) is 11.7 Å². The predicted molar refractivity (Wildman–Crippen MR) is 101 cm³/mol. The molecule has 23 heavy (non-hydrogen) atoms. The standard InChI is InChI=1S/C20H32O2Si/c1-15(2)18-11-10-16(3)14-20(18)22-23(4,5)13-12-17-8-6-7-9-19(17)21/h6-9,12-13,15-16,18,20-21H,10-11,14H2,1-5H3/b13-12+/t16-,18+,20-/m0/s1. The Balaban J connectivity index is 2.08. The van der Waals surface area contributed by atoms with Gasteiger partial charge in [-0.15, -0.1) is 0 Å². The van der Waals surface area contributed by atoms with Crippen molar-refractivity contribution in [3.63, 3.8) is 0 Å². The second-order valence-corrected chi connectivity index (χ2v) is 11.8. The minimum atomic E-state index is -1.91. The van der Waals surface area contributed by atoms with E-state index < -0.39 is 8.32 Å². The second-order valence-electron chi connectivity index (χ2n) is 7.98. The summed E-state index contributed by atoms with van der Waals surface area (Å²) in [7, 11) is -1.91. The van der Waals surface area contributed by atoms with Crippen LogP contribution >= 0.6 is 0 Å². The van der Waals surface area contributed by atoms with Crippen LogP contribution in [0.15, 0.2) is 30.0 Å². The van der Waals surface area contributed by atoms with Gasteiger partial charge in [-0.2, -0.15) is 0 Å². The molecule has 0 saturated heterocycles. The number of para-hydroxylation sites is 1. The Morgan fingerprint density at radius 2 is 1.91 bits per heavy atom. The summed E-state index contributed by atoms with van der Waals surface area (Å²) in [5.74, 6) is 2.46. The van der Waals surface area contributed by atoms with E-state index in [0.29, 0.717) is 23.7 Å². The summed E-state index contributed by atoms with van der Waals surface area (Å²) in [6, 6.07) is 7.47. The average Bonchev–Trinajstić information content (AvgIpc) is 2.45. The first kappa shape index (κ1) is 18.3. The molecule has 1 saturated carbocycles. The third kappa shape index (κ3) is 5.22. The zero-order valence-corrected chi connectivity index (χ0v) is 16.3. The lowest BCUT2D eigenvalue weighted by Gasteiger charge is -2.40. The molecule has 3 heteroatoms. The number of hydrogen-bond acceptors (Lipinski definition) is 2. The van der Waals surface area contributed by atoms with Crippen molar-refractivity contribution in [1.29, 1.82) is 0 Å². The molecule has 1 aliphatic rings. The number of aromatic hydroxyl groups is 1. The molecule has 1 fully saturated rings. The van der Waals surface area contributed by atoms with Crippen molar-refractivity contribution in [2.24, 2.45) is 17.8 Å². The Bertz CT molecular complexity index is 536. The quantitative estimate of drug-likeness (QED) is 0.708. The van der Waals surface area contributed by atoms with Gasteiger partial charge in [0.15, 0.2) is 0 Å². The molecule has 128 valence electrons. The number of benzene rings is 1. The number of rotatable bonds is 5. The van der Waals surface area contributed by atoms with Gasteiger partial charge in [0.2, 0.25) is 8.32 Å². The number of hydrogen-bond donors (Lipinski definition) is 1. The molecule has 0 aromatic heterocycles. The fourth-order valence-electron chi connectivity index (χ4n) is 3.60. The van der Waals surface area contributed by atoms with Gasteiger partial charge < -0.3 is 9.53 Å². The lowest BCUT2D eigenvalue weighted by Crippen LogP contribution is -2.42. The van der Waals surface area contributed by atoms with E-state index in [1.807, 2.05) is 24.3 Å². The Morgan fingerprint density at radius 1 is 1.22 bits per heavy atom. The van der Waals surface area contributed by atoms with Gasteiger partial charge in [0.25, 0.3) is 0 Å². The van der Waals surface area contributed by atoms with Crippen LogP contribution in [0.4, 0.5) is 0 Å². The van der Waals surface area contributed by atoms with Crippen molar-refractivity contribution in [1.82, 2.24) is 0 Å². The summed E-state index contributed by atoms with van der Waals surface area (Å²) in [5, 5.41) is 9.90. The first-order chi connectivity index (χ1) is 10.8.